The average molecular weight is 303 g/mol. The van der Waals surface area contributed by atoms with Gasteiger partial charge in [-0.15, -0.1) is 0 Å². The Hall–Kier alpha value is -0.620. The molecule has 1 aromatic rings. The van der Waals surface area contributed by atoms with E-state index in [1.165, 1.54) is 0 Å². The Labute approximate surface area is 119 Å². The summed E-state index contributed by atoms with van der Waals surface area (Å²) in [4.78, 5) is 0.361. The Kier molecular flexibility index (Phi) is 4.50. The Morgan fingerprint density at radius 3 is 2.84 bits per heavy atom. The van der Waals surface area contributed by atoms with E-state index in [0.717, 1.165) is 12.8 Å². The van der Waals surface area contributed by atoms with Crippen LogP contribution in [0.25, 0.3) is 0 Å². The van der Waals surface area contributed by atoms with Gasteiger partial charge in [0.05, 0.1) is 4.90 Å². The average Bonchev–Trinajstić information content (AvgIpc) is 2.78. The fraction of sp³-hybridized carbons (Fsp3) is 0.538. The molecule has 6 heteroatoms. The number of benzene rings is 1. The van der Waals surface area contributed by atoms with E-state index in [2.05, 4.69) is 5.32 Å². The fourth-order valence-corrected chi connectivity index (χ4v) is 4.72. The number of halogens is 1. The molecule has 1 fully saturated rings. The van der Waals surface area contributed by atoms with E-state index in [-0.39, 0.29) is 6.04 Å². The van der Waals surface area contributed by atoms with Gasteiger partial charge >= 0.3 is 0 Å². The lowest BCUT2D eigenvalue weighted by Gasteiger charge is -2.24. The summed E-state index contributed by atoms with van der Waals surface area (Å²) >= 11 is 5.89. The molecule has 2 rings (SSSR count). The molecule has 1 saturated heterocycles. The molecule has 1 aliphatic heterocycles. The third-order valence-corrected chi connectivity index (χ3v) is 5.83. The topological polar surface area (TPSA) is 49.4 Å². The molecule has 0 amide bonds. The van der Waals surface area contributed by atoms with Crippen LogP contribution in [0.4, 0.5) is 0 Å². The SMILES string of the molecule is CNCC1CCCN1S(=O)(=O)c1ccc(Cl)cc1C. The van der Waals surface area contributed by atoms with Crippen molar-refractivity contribution in [3.8, 4) is 0 Å². The molecule has 1 aromatic carbocycles. The zero-order chi connectivity index (χ0) is 14.0. The van der Waals surface area contributed by atoms with Crippen molar-refractivity contribution in [1.82, 2.24) is 9.62 Å². The minimum atomic E-state index is -3.42. The van der Waals surface area contributed by atoms with Crippen molar-refractivity contribution >= 4 is 21.6 Å². The minimum Gasteiger partial charge on any atom is -0.318 e. The molecule has 1 heterocycles. The van der Waals surface area contributed by atoms with E-state index in [1.54, 1.807) is 29.4 Å². The van der Waals surface area contributed by atoms with Crippen LogP contribution >= 0.6 is 11.6 Å². The third-order valence-electron chi connectivity index (χ3n) is 3.49. The molecule has 0 spiro atoms. The van der Waals surface area contributed by atoms with Gasteiger partial charge in [-0.3, -0.25) is 0 Å². The molecule has 1 N–H and O–H groups in total. The van der Waals surface area contributed by atoms with Gasteiger partial charge in [-0.2, -0.15) is 4.31 Å². The van der Waals surface area contributed by atoms with Gasteiger partial charge in [-0.05, 0) is 50.6 Å². The maximum absolute atomic E-state index is 12.7. The number of likely N-dealkylation sites (N-methyl/N-ethyl adjacent to an activating group) is 1. The number of hydrogen-bond donors (Lipinski definition) is 1. The van der Waals surface area contributed by atoms with E-state index in [4.69, 9.17) is 11.6 Å². The van der Waals surface area contributed by atoms with Gasteiger partial charge in [-0.25, -0.2) is 8.42 Å². The van der Waals surface area contributed by atoms with Crippen molar-refractivity contribution in [3.63, 3.8) is 0 Å². The zero-order valence-corrected chi connectivity index (χ0v) is 12.8. The third kappa shape index (κ3) is 2.94. The van der Waals surface area contributed by atoms with Crippen molar-refractivity contribution in [2.24, 2.45) is 0 Å². The summed E-state index contributed by atoms with van der Waals surface area (Å²) in [6.45, 7) is 3.06. The number of sulfonamides is 1. The smallest absolute Gasteiger partial charge is 0.243 e. The summed E-state index contributed by atoms with van der Waals surface area (Å²) in [5.41, 5.74) is 0.697. The normalized spacial score (nSPS) is 20.9. The molecule has 0 radical (unpaired) electrons. The predicted octanol–water partition coefficient (Wildman–Crippen LogP) is 2.02. The van der Waals surface area contributed by atoms with Crippen LogP contribution in [-0.2, 0) is 10.0 Å². The van der Waals surface area contributed by atoms with Crippen LogP contribution in [0.3, 0.4) is 0 Å². The standard InChI is InChI=1S/C13H19ClN2O2S/c1-10-8-11(14)5-6-13(10)19(17,18)16-7-3-4-12(16)9-15-2/h5-6,8,12,15H,3-4,7,9H2,1-2H3. The first-order valence-corrected chi connectivity index (χ1v) is 8.21. The van der Waals surface area contributed by atoms with Crippen molar-refractivity contribution < 1.29 is 8.42 Å². The van der Waals surface area contributed by atoms with Crippen molar-refractivity contribution in [2.75, 3.05) is 20.1 Å². The van der Waals surface area contributed by atoms with Crippen molar-refractivity contribution in [1.29, 1.82) is 0 Å². The van der Waals surface area contributed by atoms with E-state index >= 15 is 0 Å². The minimum absolute atomic E-state index is 0.0464. The first kappa shape index (κ1) is 14.8. The number of nitrogens with one attached hydrogen (secondary N) is 1. The largest absolute Gasteiger partial charge is 0.318 e. The van der Waals surface area contributed by atoms with Gasteiger partial charge in [0.25, 0.3) is 0 Å². The molecule has 1 atom stereocenters. The highest BCUT2D eigenvalue weighted by Crippen LogP contribution is 2.28. The first-order valence-electron chi connectivity index (χ1n) is 6.39. The van der Waals surface area contributed by atoms with Crippen molar-refractivity contribution in [2.45, 2.75) is 30.7 Å². The molecule has 0 bridgehead atoms. The lowest BCUT2D eigenvalue weighted by Crippen LogP contribution is -2.40. The highest BCUT2D eigenvalue weighted by Gasteiger charge is 2.35. The highest BCUT2D eigenvalue weighted by atomic mass is 35.5. The van der Waals surface area contributed by atoms with E-state index in [9.17, 15) is 8.42 Å². The second kappa shape index (κ2) is 5.79. The van der Waals surface area contributed by atoms with Crippen LogP contribution in [0.5, 0.6) is 0 Å². The second-order valence-corrected chi connectivity index (χ2v) is 7.17. The molecule has 0 aromatic heterocycles. The highest BCUT2D eigenvalue weighted by molar-refractivity contribution is 7.89. The molecule has 19 heavy (non-hydrogen) atoms. The maximum atomic E-state index is 12.7. The Morgan fingerprint density at radius 1 is 1.47 bits per heavy atom. The zero-order valence-electron chi connectivity index (χ0n) is 11.2. The lowest BCUT2D eigenvalue weighted by molar-refractivity contribution is 0.379. The number of aryl methyl sites for hydroxylation is 1. The molecular weight excluding hydrogens is 284 g/mol. The molecule has 106 valence electrons. The molecular formula is C13H19ClN2O2S. The van der Waals surface area contributed by atoms with Crippen LogP contribution in [0.15, 0.2) is 23.1 Å². The maximum Gasteiger partial charge on any atom is 0.243 e. The quantitative estimate of drug-likeness (QED) is 0.926. The molecule has 1 unspecified atom stereocenters. The van der Waals surface area contributed by atoms with E-state index in [1.807, 2.05) is 7.05 Å². The number of rotatable bonds is 4. The predicted molar refractivity (Wildman–Crippen MR) is 77.0 cm³/mol. The Balaban J connectivity index is 2.36. The number of nitrogens with zero attached hydrogens (tertiary/aromatic N) is 1. The van der Waals surface area contributed by atoms with E-state index in [0.29, 0.717) is 28.6 Å². The van der Waals surface area contributed by atoms with Crippen LogP contribution in [0.1, 0.15) is 18.4 Å². The molecule has 0 saturated carbocycles. The van der Waals surface area contributed by atoms with Crippen LogP contribution < -0.4 is 5.32 Å². The fourth-order valence-electron chi connectivity index (χ4n) is 2.59. The monoisotopic (exact) mass is 302 g/mol. The van der Waals surface area contributed by atoms with Gasteiger partial charge in [-0.1, -0.05) is 11.6 Å². The van der Waals surface area contributed by atoms with Crippen LogP contribution in [-0.4, -0.2) is 38.9 Å². The number of hydrogen-bond acceptors (Lipinski definition) is 3. The van der Waals surface area contributed by atoms with Gasteiger partial charge < -0.3 is 5.32 Å². The second-order valence-electron chi connectivity index (χ2n) is 4.88. The summed E-state index contributed by atoms with van der Waals surface area (Å²) in [5, 5.41) is 3.62. The summed E-state index contributed by atoms with van der Waals surface area (Å²) in [6, 6.07) is 4.97. The van der Waals surface area contributed by atoms with Crippen LogP contribution in [0.2, 0.25) is 5.02 Å². The van der Waals surface area contributed by atoms with Gasteiger partial charge in [0.1, 0.15) is 0 Å². The van der Waals surface area contributed by atoms with Gasteiger partial charge in [0.2, 0.25) is 10.0 Å². The first-order chi connectivity index (χ1) is 8.96. The summed E-state index contributed by atoms with van der Waals surface area (Å²) < 4.78 is 27.0. The summed E-state index contributed by atoms with van der Waals surface area (Å²) in [7, 11) is -1.58. The van der Waals surface area contributed by atoms with E-state index < -0.39 is 10.0 Å². The van der Waals surface area contributed by atoms with Crippen molar-refractivity contribution in [3.05, 3.63) is 28.8 Å². The molecule has 1 aliphatic rings. The van der Waals surface area contributed by atoms with Gasteiger partial charge in [0.15, 0.2) is 0 Å². The van der Waals surface area contributed by atoms with Gasteiger partial charge in [0, 0.05) is 24.2 Å². The Bertz CT molecular complexity index is 560. The lowest BCUT2D eigenvalue weighted by atomic mass is 10.2. The summed E-state index contributed by atoms with van der Waals surface area (Å²) in [6.07, 6.45) is 1.82. The summed E-state index contributed by atoms with van der Waals surface area (Å²) in [5.74, 6) is 0. The van der Waals surface area contributed by atoms with Crippen LogP contribution in [0, 0.1) is 6.92 Å². The molecule has 4 nitrogen and oxygen atoms in total. The Morgan fingerprint density at radius 2 is 2.21 bits per heavy atom. The molecule has 0 aliphatic carbocycles.